The molecule has 1 aliphatic heterocycles. The van der Waals surface area contributed by atoms with Crippen LogP contribution in [0.25, 0.3) is 0 Å². The topological polar surface area (TPSA) is 159 Å². The van der Waals surface area contributed by atoms with E-state index in [1.165, 1.54) is 12.1 Å². The van der Waals surface area contributed by atoms with Crippen LogP contribution in [0, 0.1) is 0 Å². The van der Waals surface area contributed by atoms with Crippen molar-refractivity contribution in [2.24, 2.45) is 0 Å². The minimum atomic E-state index is -3.74. The molecule has 250 valence electrons. The highest BCUT2D eigenvalue weighted by Crippen LogP contribution is 2.47. The molecule has 11 nitrogen and oxygen atoms in total. The highest BCUT2D eigenvalue weighted by Gasteiger charge is 2.49. The number of amides is 3. The number of fused-ring (bicyclic) bond motifs is 1. The maximum absolute atomic E-state index is 14.4. The van der Waals surface area contributed by atoms with Crippen LogP contribution in [-0.2, 0) is 31.4 Å². The van der Waals surface area contributed by atoms with Crippen LogP contribution in [0.5, 0.6) is 0 Å². The third-order valence-electron chi connectivity index (χ3n) is 8.35. The molecule has 3 amide bonds. The number of rotatable bonds is 9. The first-order valence-corrected chi connectivity index (χ1v) is 19.4. The molecule has 3 aromatic carbocycles. The fraction of sp³-hybridized carbons (Fsp3) is 0.344. The Hall–Kier alpha value is -3.49. The second-order valence-corrected chi connectivity index (χ2v) is 16.2. The SMILES string of the molecule is CS(=O)(=O)NC(=O)c1ccc(CNC(=O)[C@@H]2c3ccccc3C(=O)N([C@H]3CCCC[C@@H]3NS(C)(=O)=O)[C@H]2c2ccc(Cl)cc2Cl)cc1. The van der Waals surface area contributed by atoms with Gasteiger partial charge in [0.2, 0.25) is 26.0 Å². The Morgan fingerprint density at radius 1 is 0.872 bits per heavy atom. The zero-order valence-electron chi connectivity index (χ0n) is 25.6. The molecule has 2 aliphatic rings. The summed E-state index contributed by atoms with van der Waals surface area (Å²) >= 11 is 13.0. The number of nitrogens with zero attached hydrogens (tertiary/aromatic N) is 1. The van der Waals surface area contributed by atoms with Gasteiger partial charge in [-0.15, -0.1) is 0 Å². The first kappa shape index (κ1) is 34.8. The monoisotopic (exact) mass is 720 g/mol. The molecule has 0 radical (unpaired) electrons. The van der Waals surface area contributed by atoms with E-state index in [1.807, 2.05) is 4.72 Å². The van der Waals surface area contributed by atoms with Gasteiger partial charge in [0, 0.05) is 39.8 Å². The highest BCUT2D eigenvalue weighted by atomic mass is 35.5. The lowest BCUT2D eigenvalue weighted by molar-refractivity contribution is -0.124. The van der Waals surface area contributed by atoms with Crippen LogP contribution in [0.1, 0.15) is 75.0 Å². The Morgan fingerprint density at radius 3 is 2.21 bits per heavy atom. The van der Waals surface area contributed by atoms with Gasteiger partial charge in [0.1, 0.15) is 0 Å². The second-order valence-electron chi connectivity index (χ2n) is 11.9. The molecule has 1 aliphatic carbocycles. The minimum Gasteiger partial charge on any atom is -0.351 e. The van der Waals surface area contributed by atoms with E-state index in [0.717, 1.165) is 25.4 Å². The molecule has 0 spiro atoms. The molecule has 3 N–H and O–H groups in total. The summed E-state index contributed by atoms with van der Waals surface area (Å²) in [5.41, 5.74) is 2.08. The highest BCUT2D eigenvalue weighted by molar-refractivity contribution is 7.89. The van der Waals surface area contributed by atoms with Gasteiger partial charge in [0.05, 0.1) is 24.5 Å². The van der Waals surface area contributed by atoms with Gasteiger partial charge < -0.3 is 10.2 Å². The fourth-order valence-electron chi connectivity index (χ4n) is 6.43. The number of benzene rings is 3. The molecule has 4 atom stereocenters. The van der Waals surface area contributed by atoms with Gasteiger partial charge in [-0.3, -0.25) is 14.4 Å². The molecule has 0 saturated heterocycles. The Balaban J connectivity index is 1.54. The zero-order valence-corrected chi connectivity index (χ0v) is 28.7. The van der Waals surface area contributed by atoms with E-state index >= 15 is 0 Å². The number of nitrogens with one attached hydrogen (secondary N) is 3. The number of halogens is 2. The molecule has 1 fully saturated rings. The van der Waals surface area contributed by atoms with E-state index < -0.39 is 55.9 Å². The average Bonchev–Trinajstić information content (AvgIpc) is 2.99. The molecule has 0 unspecified atom stereocenters. The number of carbonyl (C=O) groups excluding carboxylic acids is 3. The Bertz CT molecular complexity index is 1920. The van der Waals surface area contributed by atoms with Crippen LogP contribution >= 0.6 is 23.2 Å². The van der Waals surface area contributed by atoms with Crippen molar-refractivity contribution < 1.29 is 31.2 Å². The van der Waals surface area contributed by atoms with Gasteiger partial charge in [0.15, 0.2) is 0 Å². The van der Waals surface area contributed by atoms with Crippen molar-refractivity contribution in [1.29, 1.82) is 0 Å². The van der Waals surface area contributed by atoms with Crippen molar-refractivity contribution in [1.82, 2.24) is 19.7 Å². The van der Waals surface area contributed by atoms with Crippen LogP contribution in [0.2, 0.25) is 10.0 Å². The Labute approximate surface area is 284 Å². The first-order chi connectivity index (χ1) is 22.1. The molecule has 5 rings (SSSR count). The summed E-state index contributed by atoms with van der Waals surface area (Å²) < 4.78 is 52.3. The normalized spacial score (nSPS) is 21.5. The summed E-state index contributed by atoms with van der Waals surface area (Å²) in [6, 6.07) is 15.8. The van der Waals surface area contributed by atoms with Crippen LogP contribution in [0.3, 0.4) is 0 Å². The maximum Gasteiger partial charge on any atom is 0.264 e. The van der Waals surface area contributed by atoms with Crippen molar-refractivity contribution >= 4 is 61.0 Å². The number of carbonyl (C=O) groups is 3. The molecule has 3 aromatic rings. The Kier molecular flexibility index (Phi) is 10.3. The molecular formula is C32H34Cl2N4O7S2. The van der Waals surface area contributed by atoms with E-state index in [1.54, 1.807) is 59.5 Å². The van der Waals surface area contributed by atoms with Crippen molar-refractivity contribution in [2.75, 3.05) is 12.5 Å². The predicted molar refractivity (Wildman–Crippen MR) is 179 cm³/mol. The summed E-state index contributed by atoms with van der Waals surface area (Å²) in [4.78, 5) is 42.5. The van der Waals surface area contributed by atoms with Crippen molar-refractivity contribution in [2.45, 2.75) is 56.3 Å². The summed E-state index contributed by atoms with van der Waals surface area (Å²) in [5, 5.41) is 3.59. The molecular weight excluding hydrogens is 687 g/mol. The quantitative estimate of drug-likeness (QED) is 0.300. The number of sulfonamides is 2. The standard InChI is InChI=1S/C32H34Cl2N4O7S2/c1-46(42,43)36-26-9-5-6-10-27(26)38-29(24-16-15-21(33)17-25(24)34)28(22-7-3-4-8-23(22)32(38)41)31(40)35-18-19-11-13-20(14-12-19)30(39)37-47(2,44)45/h3-4,7-8,11-17,26-29,36H,5-6,9-10,18H2,1-2H3,(H,35,40)(H,37,39)/t26-,27-,28+,29-/m0/s1. The summed E-state index contributed by atoms with van der Waals surface area (Å²) in [6.07, 6.45) is 4.52. The van der Waals surface area contributed by atoms with Crippen LogP contribution in [-0.4, -0.2) is 64.1 Å². The van der Waals surface area contributed by atoms with E-state index in [-0.39, 0.29) is 23.0 Å². The average molecular weight is 722 g/mol. The largest absolute Gasteiger partial charge is 0.351 e. The smallest absolute Gasteiger partial charge is 0.264 e. The van der Waals surface area contributed by atoms with Gasteiger partial charge in [-0.2, -0.15) is 0 Å². The lowest BCUT2D eigenvalue weighted by Crippen LogP contribution is -2.59. The molecule has 47 heavy (non-hydrogen) atoms. The van der Waals surface area contributed by atoms with Gasteiger partial charge in [-0.1, -0.05) is 72.4 Å². The van der Waals surface area contributed by atoms with Crippen molar-refractivity contribution in [3.05, 3.63) is 105 Å². The van der Waals surface area contributed by atoms with E-state index in [2.05, 4.69) is 10.0 Å². The lowest BCUT2D eigenvalue weighted by atomic mass is 9.76. The van der Waals surface area contributed by atoms with E-state index in [4.69, 9.17) is 23.2 Å². The molecule has 1 heterocycles. The van der Waals surface area contributed by atoms with Crippen molar-refractivity contribution in [3.8, 4) is 0 Å². The Morgan fingerprint density at radius 2 is 1.55 bits per heavy atom. The third kappa shape index (κ3) is 8.15. The zero-order chi connectivity index (χ0) is 34.1. The van der Waals surface area contributed by atoms with Gasteiger partial charge in [0.25, 0.3) is 11.8 Å². The first-order valence-electron chi connectivity index (χ1n) is 14.9. The van der Waals surface area contributed by atoms with Gasteiger partial charge in [-0.25, -0.2) is 26.3 Å². The summed E-state index contributed by atoms with van der Waals surface area (Å²) in [5.74, 6) is -2.46. The van der Waals surface area contributed by atoms with Gasteiger partial charge in [-0.05, 0) is 59.9 Å². The summed E-state index contributed by atoms with van der Waals surface area (Å²) in [6.45, 7) is 0.0577. The molecule has 1 saturated carbocycles. The third-order valence-corrected chi connectivity index (χ3v) is 10.2. The fourth-order valence-corrected chi connectivity index (χ4v) is 8.23. The van der Waals surface area contributed by atoms with Crippen molar-refractivity contribution in [3.63, 3.8) is 0 Å². The maximum atomic E-state index is 14.4. The summed E-state index contributed by atoms with van der Waals surface area (Å²) in [7, 11) is -7.36. The van der Waals surface area contributed by atoms with E-state index in [0.29, 0.717) is 40.1 Å². The predicted octanol–water partition coefficient (Wildman–Crippen LogP) is 4.14. The number of hydrogen-bond donors (Lipinski definition) is 3. The van der Waals surface area contributed by atoms with Crippen LogP contribution < -0.4 is 14.8 Å². The number of hydrogen-bond acceptors (Lipinski definition) is 7. The van der Waals surface area contributed by atoms with Gasteiger partial charge >= 0.3 is 0 Å². The molecule has 0 bridgehead atoms. The molecule has 0 aromatic heterocycles. The lowest BCUT2D eigenvalue weighted by Gasteiger charge is -2.49. The van der Waals surface area contributed by atoms with Crippen LogP contribution in [0.4, 0.5) is 0 Å². The van der Waals surface area contributed by atoms with E-state index in [9.17, 15) is 31.2 Å². The minimum absolute atomic E-state index is 0.0577. The van der Waals surface area contributed by atoms with Crippen LogP contribution in [0.15, 0.2) is 66.7 Å². The second kappa shape index (κ2) is 13.9. The molecule has 15 heteroatoms.